The SMILES string of the molecule is COC1(OC)C(Cl)=C(Cl)C(=O)CC1C. The quantitative estimate of drug-likeness (QED) is 0.693. The second kappa shape index (κ2) is 4.19. The standard InChI is InChI=1S/C9H12Cl2O3/c1-5-4-6(12)7(10)8(11)9(5,13-2)14-3/h5H,4H2,1-3H3. The van der Waals surface area contributed by atoms with Gasteiger partial charge in [0, 0.05) is 26.6 Å². The topological polar surface area (TPSA) is 35.5 Å². The van der Waals surface area contributed by atoms with Crippen LogP contribution in [0.25, 0.3) is 0 Å². The number of ether oxygens (including phenoxy) is 2. The van der Waals surface area contributed by atoms with Gasteiger partial charge in [0.05, 0.1) is 5.03 Å². The molecule has 14 heavy (non-hydrogen) atoms. The number of Topliss-reactive ketones (excluding diaryl/α,β-unsaturated/α-hetero) is 1. The zero-order chi connectivity index (χ0) is 10.9. The van der Waals surface area contributed by atoms with Crippen molar-refractivity contribution in [3.05, 3.63) is 10.1 Å². The number of allylic oxidation sites excluding steroid dienone is 1. The number of rotatable bonds is 2. The smallest absolute Gasteiger partial charge is 0.209 e. The fourth-order valence-corrected chi connectivity index (χ4v) is 2.31. The lowest BCUT2D eigenvalue weighted by atomic mass is 9.88. The first-order valence-corrected chi connectivity index (χ1v) is 4.94. The van der Waals surface area contributed by atoms with Crippen molar-refractivity contribution < 1.29 is 14.3 Å². The van der Waals surface area contributed by atoms with Crippen molar-refractivity contribution in [1.29, 1.82) is 0 Å². The molecule has 0 N–H and O–H groups in total. The summed E-state index contributed by atoms with van der Waals surface area (Å²) in [6, 6.07) is 0. The average Bonchev–Trinajstić information content (AvgIpc) is 2.17. The van der Waals surface area contributed by atoms with Crippen LogP contribution in [0.4, 0.5) is 0 Å². The van der Waals surface area contributed by atoms with Crippen molar-refractivity contribution in [2.45, 2.75) is 19.1 Å². The lowest BCUT2D eigenvalue weighted by molar-refractivity contribution is -0.208. The van der Waals surface area contributed by atoms with Gasteiger partial charge in [-0.2, -0.15) is 0 Å². The van der Waals surface area contributed by atoms with Gasteiger partial charge in [0.1, 0.15) is 5.03 Å². The van der Waals surface area contributed by atoms with Crippen LogP contribution in [0.2, 0.25) is 0 Å². The highest BCUT2D eigenvalue weighted by Crippen LogP contribution is 2.42. The zero-order valence-corrected chi connectivity index (χ0v) is 9.78. The van der Waals surface area contributed by atoms with Gasteiger partial charge in [-0.15, -0.1) is 0 Å². The van der Waals surface area contributed by atoms with Gasteiger partial charge in [0.2, 0.25) is 5.79 Å². The number of carbonyl (C=O) groups excluding carboxylic acids is 1. The van der Waals surface area contributed by atoms with E-state index in [1.54, 1.807) is 0 Å². The molecular formula is C9H12Cl2O3. The fourth-order valence-electron chi connectivity index (χ4n) is 1.66. The van der Waals surface area contributed by atoms with Crippen LogP contribution in [0.1, 0.15) is 13.3 Å². The molecule has 0 radical (unpaired) electrons. The van der Waals surface area contributed by atoms with E-state index in [2.05, 4.69) is 0 Å². The molecule has 0 bridgehead atoms. The molecule has 0 aromatic heterocycles. The summed E-state index contributed by atoms with van der Waals surface area (Å²) < 4.78 is 10.4. The monoisotopic (exact) mass is 238 g/mol. The summed E-state index contributed by atoms with van der Waals surface area (Å²) in [6.45, 7) is 1.83. The number of hydrogen-bond donors (Lipinski definition) is 0. The van der Waals surface area contributed by atoms with Gasteiger partial charge in [-0.25, -0.2) is 0 Å². The maximum absolute atomic E-state index is 11.3. The van der Waals surface area contributed by atoms with Crippen LogP contribution in [0.5, 0.6) is 0 Å². The Balaban J connectivity index is 3.22. The molecule has 0 aromatic rings. The summed E-state index contributed by atoms with van der Waals surface area (Å²) in [5.41, 5.74) is 0. The summed E-state index contributed by atoms with van der Waals surface area (Å²) in [6.07, 6.45) is 0.275. The van der Waals surface area contributed by atoms with Gasteiger partial charge in [0.15, 0.2) is 5.78 Å². The van der Waals surface area contributed by atoms with Crippen LogP contribution in [0.15, 0.2) is 10.1 Å². The van der Waals surface area contributed by atoms with Crippen molar-refractivity contribution in [1.82, 2.24) is 0 Å². The summed E-state index contributed by atoms with van der Waals surface area (Å²) >= 11 is 11.7. The number of ketones is 1. The van der Waals surface area contributed by atoms with Crippen LogP contribution >= 0.6 is 23.2 Å². The Morgan fingerprint density at radius 2 is 1.86 bits per heavy atom. The highest BCUT2D eigenvalue weighted by molar-refractivity contribution is 6.49. The molecule has 0 heterocycles. The molecule has 3 nitrogen and oxygen atoms in total. The minimum Gasteiger partial charge on any atom is -0.348 e. The summed E-state index contributed by atoms with van der Waals surface area (Å²) in [5, 5.41) is 0.140. The van der Waals surface area contributed by atoms with E-state index in [0.717, 1.165) is 0 Å². The Hall–Kier alpha value is -0.0900. The van der Waals surface area contributed by atoms with Crippen molar-refractivity contribution in [2.24, 2.45) is 5.92 Å². The van der Waals surface area contributed by atoms with Gasteiger partial charge in [-0.05, 0) is 0 Å². The van der Waals surface area contributed by atoms with E-state index in [1.165, 1.54) is 14.2 Å². The molecule has 0 aromatic carbocycles. The summed E-state index contributed by atoms with van der Waals surface area (Å²) in [4.78, 5) is 11.3. The molecule has 0 amide bonds. The average molecular weight is 239 g/mol. The minimum atomic E-state index is -1.08. The van der Waals surface area contributed by atoms with E-state index >= 15 is 0 Å². The number of carbonyl (C=O) groups is 1. The van der Waals surface area contributed by atoms with Gasteiger partial charge in [-0.1, -0.05) is 30.1 Å². The predicted octanol–water partition coefficient (Wildman–Crippen LogP) is 2.27. The normalized spacial score (nSPS) is 26.9. The van der Waals surface area contributed by atoms with E-state index in [9.17, 15) is 4.79 Å². The minimum absolute atomic E-state index is 0.00784. The third-order valence-corrected chi connectivity index (χ3v) is 3.44. The Labute approximate surface area is 93.0 Å². The molecule has 0 fully saturated rings. The Morgan fingerprint density at radius 3 is 2.29 bits per heavy atom. The molecular weight excluding hydrogens is 227 g/mol. The molecule has 0 spiro atoms. The molecule has 5 heteroatoms. The Morgan fingerprint density at radius 1 is 1.36 bits per heavy atom. The zero-order valence-electron chi connectivity index (χ0n) is 8.27. The van der Waals surface area contributed by atoms with Crippen LogP contribution in [0, 0.1) is 5.92 Å². The number of halogens is 2. The number of methoxy groups -OCH3 is 2. The second-order valence-electron chi connectivity index (χ2n) is 3.23. The highest BCUT2D eigenvalue weighted by Gasteiger charge is 2.47. The van der Waals surface area contributed by atoms with Crippen LogP contribution in [-0.4, -0.2) is 25.8 Å². The first kappa shape index (κ1) is 12.0. The van der Waals surface area contributed by atoms with Crippen molar-refractivity contribution in [2.75, 3.05) is 14.2 Å². The first-order valence-electron chi connectivity index (χ1n) is 4.18. The fraction of sp³-hybridized carbons (Fsp3) is 0.667. The third-order valence-electron chi connectivity index (χ3n) is 2.49. The molecule has 0 saturated carbocycles. The van der Waals surface area contributed by atoms with E-state index in [-0.39, 0.29) is 28.2 Å². The summed E-state index contributed by atoms with van der Waals surface area (Å²) in [7, 11) is 2.95. The maximum Gasteiger partial charge on any atom is 0.209 e. The van der Waals surface area contributed by atoms with E-state index < -0.39 is 5.79 Å². The largest absolute Gasteiger partial charge is 0.348 e. The molecule has 1 unspecified atom stereocenters. The molecule has 0 aliphatic heterocycles. The molecule has 1 rings (SSSR count). The number of hydrogen-bond acceptors (Lipinski definition) is 3. The Kier molecular flexibility index (Phi) is 3.58. The maximum atomic E-state index is 11.3. The highest BCUT2D eigenvalue weighted by atomic mass is 35.5. The van der Waals surface area contributed by atoms with Crippen molar-refractivity contribution in [3.63, 3.8) is 0 Å². The molecule has 1 aliphatic carbocycles. The lowest BCUT2D eigenvalue weighted by Gasteiger charge is -2.38. The van der Waals surface area contributed by atoms with Gasteiger partial charge >= 0.3 is 0 Å². The van der Waals surface area contributed by atoms with E-state index in [1.807, 2.05) is 6.92 Å². The molecule has 1 atom stereocenters. The van der Waals surface area contributed by atoms with E-state index in [0.29, 0.717) is 0 Å². The second-order valence-corrected chi connectivity index (χ2v) is 3.99. The lowest BCUT2D eigenvalue weighted by Crippen LogP contribution is -2.45. The van der Waals surface area contributed by atoms with Crippen LogP contribution in [-0.2, 0) is 14.3 Å². The first-order chi connectivity index (χ1) is 6.49. The van der Waals surface area contributed by atoms with Crippen molar-refractivity contribution >= 4 is 29.0 Å². The molecule has 0 saturated heterocycles. The van der Waals surface area contributed by atoms with E-state index in [4.69, 9.17) is 32.7 Å². The third kappa shape index (κ3) is 1.58. The van der Waals surface area contributed by atoms with Crippen molar-refractivity contribution in [3.8, 4) is 0 Å². The molecule has 1 aliphatic rings. The van der Waals surface area contributed by atoms with Gasteiger partial charge in [0.25, 0.3) is 0 Å². The Bertz CT molecular complexity index is 282. The van der Waals surface area contributed by atoms with Crippen LogP contribution in [0.3, 0.4) is 0 Å². The van der Waals surface area contributed by atoms with Gasteiger partial charge in [-0.3, -0.25) is 4.79 Å². The van der Waals surface area contributed by atoms with Gasteiger partial charge < -0.3 is 9.47 Å². The van der Waals surface area contributed by atoms with Crippen LogP contribution < -0.4 is 0 Å². The summed E-state index contributed by atoms with van der Waals surface area (Å²) in [5.74, 6) is -1.40. The molecule has 80 valence electrons. The predicted molar refractivity (Wildman–Crippen MR) is 54.3 cm³/mol.